The second-order valence-electron chi connectivity index (χ2n) is 4.40. The third-order valence-corrected chi connectivity index (χ3v) is 4.53. The van der Waals surface area contributed by atoms with Crippen molar-refractivity contribution < 1.29 is 9.53 Å². The van der Waals surface area contributed by atoms with E-state index in [4.69, 9.17) is 4.74 Å². The van der Waals surface area contributed by atoms with Crippen molar-refractivity contribution in [2.45, 2.75) is 6.92 Å². The highest BCUT2D eigenvalue weighted by atomic mass is 79.9. The van der Waals surface area contributed by atoms with Gasteiger partial charge in [-0.2, -0.15) is 0 Å². The van der Waals surface area contributed by atoms with Gasteiger partial charge in [0.2, 0.25) is 0 Å². The van der Waals surface area contributed by atoms with Crippen LogP contribution < -0.4 is 4.74 Å². The first-order valence-corrected chi connectivity index (χ1v) is 7.54. The van der Waals surface area contributed by atoms with Crippen molar-refractivity contribution in [3.63, 3.8) is 0 Å². The fraction of sp³-hybridized carbons (Fsp3) is 0.133. The maximum absolute atomic E-state index is 12.4. The molecule has 0 unspecified atom stereocenters. The third kappa shape index (κ3) is 2.38. The summed E-state index contributed by atoms with van der Waals surface area (Å²) in [6.07, 6.45) is 1.94. The van der Waals surface area contributed by atoms with Gasteiger partial charge in [0.25, 0.3) is 0 Å². The van der Waals surface area contributed by atoms with Gasteiger partial charge in [-0.3, -0.25) is 4.79 Å². The molecule has 2 heterocycles. The zero-order chi connectivity index (χ0) is 13.4. The molecule has 0 bridgehead atoms. The van der Waals surface area contributed by atoms with Crippen molar-refractivity contribution in [2.24, 2.45) is 0 Å². The second kappa shape index (κ2) is 4.94. The fourth-order valence-corrected chi connectivity index (χ4v) is 3.24. The van der Waals surface area contributed by atoms with Crippen LogP contribution in [0.5, 0.6) is 5.75 Å². The lowest BCUT2D eigenvalue weighted by molar-refractivity contribution is 0.100. The molecule has 1 aliphatic rings. The summed E-state index contributed by atoms with van der Waals surface area (Å²) in [5, 5.41) is 2.03. The van der Waals surface area contributed by atoms with Crippen molar-refractivity contribution in [1.82, 2.24) is 0 Å². The highest BCUT2D eigenvalue weighted by molar-refractivity contribution is 9.10. The average Bonchev–Trinajstić information content (AvgIpc) is 2.79. The Bertz CT molecular complexity index is 685. The number of fused-ring (bicyclic) bond motifs is 1. The minimum Gasteiger partial charge on any atom is -0.488 e. The number of Topliss-reactive ketones (excluding diaryl/α,β-unsaturated/α-hetero) is 1. The number of carbonyl (C=O) groups excluding carboxylic acids is 1. The van der Waals surface area contributed by atoms with Crippen LogP contribution in [0.1, 0.15) is 20.8 Å². The van der Waals surface area contributed by atoms with Crippen molar-refractivity contribution >= 4 is 39.1 Å². The first-order valence-electron chi connectivity index (χ1n) is 5.87. The number of benzene rings is 1. The van der Waals surface area contributed by atoms with E-state index in [2.05, 4.69) is 22.0 Å². The van der Waals surface area contributed by atoms with E-state index in [9.17, 15) is 4.79 Å². The molecule has 0 aliphatic carbocycles. The SMILES string of the molecule is Cc1ccsc1/C=C1\COc2ccc(Br)cc2C1=O. The molecule has 0 amide bonds. The minimum absolute atomic E-state index is 0.0513. The molecular weight excluding hydrogens is 324 g/mol. The summed E-state index contributed by atoms with van der Waals surface area (Å²) < 4.78 is 6.53. The van der Waals surface area contributed by atoms with Gasteiger partial charge in [-0.05, 0) is 48.2 Å². The monoisotopic (exact) mass is 334 g/mol. The smallest absolute Gasteiger partial charge is 0.196 e. The predicted octanol–water partition coefficient (Wildman–Crippen LogP) is 4.48. The first kappa shape index (κ1) is 12.6. The Kier molecular flexibility index (Phi) is 3.29. The van der Waals surface area contributed by atoms with E-state index in [1.54, 1.807) is 11.3 Å². The number of hydrogen-bond donors (Lipinski definition) is 0. The third-order valence-electron chi connectivity index (χ3n) is 3.07. The van der Waals surface area contributed by atoms with E-state index in [0.29, 0.717) is 23.5 Å². The number of aryl methyl sites for hydroxylation is 1. The molecule has 3 rings (SSSR count). The van der Waals surface area contributed by atoms with Crippen LogP contribution in [0.25, 0.3) is 6.08 Å². The molecule has 0 saturated carbocycles. The number of ether oxygens (including phenoxy) is 1. The van der Waals surface area contributed by atoms with Crippen molar-refractivity contribution in [2.75, 3.05) is 6.61 Å². The maximum Gasteiger partial charge on any atom is 0.196 e. The van der Waals surface area contributed by atoms with E-state index < -0.39 is 0 Å². The summed E-state index contributed by atoms with van der Waals surface area (Å²) in [6, 6.07) is 7.57. The van der Waals surface area contributed by atoms with Gasteiger partial charge in [0.05, 0.1) is 5.56 Å². The van der Waals surface area contributed by atoms with E-state index in [0.717, 1.165) is 9.35 Å². The highest BCUT2D eigenvalue weighted by Crippen LogP contribution is 2.31. The molecule has 2 nitrogen and oxygen atoms in total. The number of thiophene rings is 1. The molecule has 1 aliphatic heterocycles. The van der Waals surface area contributed by atoms with Gasteiger partial charge < -0.3 is 4.74 Å². The highest BCUT2D eigenvalue weighted by Gasteiger charge is 2.23. The van der Waals surface area contributed by atoms with E-state index in [-0.39, 0.29) is 5.78 Å². The van der Waals surface area contributed by atoms with Gasteiger partial charge in [-0.1, -0.05) is 15.9 Å². The zero-order valence-corrected chi connectivity index (χ0v) is 12.7. The van der Waals surface area contributed by atoms with Gasteiger partial charge in [0.15, 0.2) is 5.78 Å². The summed E-state index contributed by atoms with van der Waals surface area (Å²) >= 11 is 5.02. The van der Waals surface area contributed by atoms with Crippen LogP contribution in [0.4, 0.5) is 0 Å². The van der Waals surface area contributed by atoms with Gasteiger partial charge in [0, 0.05) is 14.9 Å². The largest absolute Gasteiger partial charge is 0.488 e. The second-order valence-corrected chi connectivity index (χ2v) is 6.26. The van der Waals surface area contributed by atoms with Crippen LogP contribution in [0.3, 0.4) is 0 Å². The fourth-order valence-electron chi connectivity index (χ4n) is 2.00. The minimum atomic E-state index is 0.0513. The quantitative estimate of drug-likeness (QED) is 0.719. The molecule has 2 aromatic rings. The Morgan fingerprint density at radius 2 is 2.21 bits per heavy atom. The summed E-state index contributed by atoms with van der Waals surface area (Å²) in [5.74, 6) is 0.712. The lowest BCUT2D eigenvalue weighted by Crippen LogP contribution is -2.18. The molecule has 0 radical (unpaired) electrons. The Balaban J connectivity index is 2.02. The lowest BCUT2D eigenvalue weighted by Gasteiger charge is -2.18. The van der Waals surface area contributed by atoms with Crippen molar-refractivity contribution in [1.29, 1.82) is 0 Å². The summed E-state index contributed by atoms with van der Waals surface area (Å²) in [4.78, 5) is 13.6. The van der Waals surface area contributed by atoms with Gasteiger partial charge in [0.1, 0.15) is 12.4 Å². The first-order chi connectivity index (χ1) is 9.15. The van der Waals surface area contributed by atoms with Crippen LogP contribution in [-0.2, 0) is 0 Å². The molecule has 1 aromatic carbocycles. The van der Waals surface area contributed by atoms with Crippen molar-refractivity contribution in [3.8, 4) is 5.75 Å². The summed E-state index contributed by atoms with van der Waals surface area (Å²) in [6.45, 7) is 2.38. The van der Waals surface area contributed by atoms with Gasteiger partial charge in [-0.25, -0.2) is 0 Å². The number of ketones is 1. The molecule has 19 heavy (non-hydrogen) atoms. The Hall–Kier alpha value is -1.39. The summed E-state index contributed by atoms with van der Waals surface area (Å²) in [7, 11) is 0. The van der Waals surface area contributed by atoms with Crippen LogP contribution in [-0.4, -0.2) is 12.4 Å². The van der Waals surface area contributed by atoms with E-state index in [1.165, 1.54) is 5.56 Å². The topological polar surface area (TPSA) is 26.3 Å². The zero-order valence-electron chi connectivity index (χ0n) is 10.3. The average molecular weight is 335 g/mol. The molecule has 0 atom stereocenters. The van der Waals surface area contributed by atoms with E-state index in [1.807, 2.05) is 36.6 Å². The molecule has 1 aromatic heterocycles. The number of hydrogen-bond acceptors (Lipinski definition) is 3. The Morgan fingerprint density at radius 1 is 1.37 bits per heavy atom. The Labute approximate surface area is 123 Å². The number of rotatable bonds is 1. The van der Waals surface area contributed by atoms with E-state index >= 15 is 0 Å². The molecule has 0 saturated heterocycles. The molecule has 0 N–H and O–H groups in total. The van der Waals surface area contributed by atoms with Crippen LogP contribution in [0, 0.1) is 6.92 Å². The molecule has 0 spiro atoms. The predicted molar refractivity (Wildman–Crippen MR) is 81.0 cm³/mol. The Morgan fingerprint density at radius 3 is 2.95 bits per heavy atom. The van der Waals surface area contributed by atoms with Crippen LogP contribution in [0.2, 0.25) is 0 Å². The van der Waals surface area contributed by atoms with Crippen molar-refractivity contribution in [3.05, 3.63) is 55.7 Å². The lowest BCUT2D eigenvalue weighted by atomic mass is 9.99. The number of carbonyl (C=O) groups is 1. The maximum atomic E-state index is 12.4. The number of halogens is 1. The molecular formula is C15H11BrO2S. The summed E-state index contributed by atoms with van der Waals surface area (Å²) in [5.41, 5.74) is 2.52. The molecule has 96 valence electrons. The van der Waals surface area contributed by atoms with Gasteiger partial charge >= 0.3 is 0 Å². The normalized spacial score (nSPS) is 16.3. The van der Waals surface area contributed by atoms with Crippen LogP contribution >= 0.6 is 27.3 Å². The standard InChI is InChI=1S/C15H11BrO2S/c1-9-4-5-19-14(9)6-10-8-18-13-3-2-11(16)7-12(13)15(10)17/h2-7H,8H2,1H3/b10-6+. The molecule has 0 fully saturated rings. The molecule has 4 heteroatoms. The van der Waals surface area contributed by atoms with Gasteiger partial charge in [-0.15, -0.1) is 11.3 Å². The van der Waals surface area contributed by atoms with Crippen LogP contribution in [0.15, 0.2) is 39.7 Å².